The predicted octanol–water partition coefficient (Wildman–Crippen LogP) is 4.23. The van der Waals surface area contributed by atoms with Crippen molar-refractivity contribution in [1.29, 1.82) is 0 Å². The van der Waals surface area contributed by atoms with E-state index in [0.29, 0.717) is 10.9 Å². The van der Waals surface area contributed by atoms with Crippen LogP contribution in [0.25, 0.3) is 10.6 Å². The molecular formula is C19H19N3O2S. The van der Waals surface area contributed by atoms with Crippen molar-refractivity contribution >= 4 is 22.4 Å². The van der Waals surface area contributed by atoms with Crippen LogP contribution < -0.4 is 10.1 Å². The quantitative estimate of drug-likeness (QED) is 0.745. The first kappa shape index (κ1) is 17.1. The molecule has 1 atom stereocenters. The molecule has 3 aromatic rings. The van der Waals surface area contributed by atoms with Gasteiger partial charge in [0.05, 0.1) is 0 Å². The van der Waals surface area contributed by atoms with E-state index in [1.54, 1.807) is 6.92 Å². The van der Waals surface area contributed by atoms with Gasteiger partial charge in [-0.15, -0.1) is 10.2 Å². The minimum atomic E-state index is -0.633. The summed E-state index contributed by atoms with van der Waals surface area (Å²) in [5.74, 6) is 0.418. The van der Waals surface area contributed by atoms with Gasteiger partial charge in [0, 0.05) is 5.56 Å². The number of amides is 1. The third-order valence-corrected chi connectivity index (χ3v) is 4.72. The maximum absolute atomic E-state index is 12.3. The standard InChI is InChI=1S/C19H19N3O2S/c1-12-9-10-16(11-13(12)2)24-14(3)17(23)20-19-22-21-18(25-19)15-7-5-4-6-8-15/h4-11,14H,1-3H3,(H,20,22,23)/t14-/m1/s1. The van der Waals surface area contributed by atoms with Gasteiger partial charge in [-0.1, -0.05) is 47.7 Å². The molecule has 128 valence electrons. The van der Waals surface area contributed by atoms with Gasteiger partial charge in [0.15, 0.2) is 6.10 Å². The molecule has 1 amide bonds. The Morgan fingerprint density at radius 3 is 2.56 bits per heavy atom. The number of aromatic nitrogens is 2. The van der Waals surface area contributed by atoms with Crippen molar-refractivity contribution in [2.45, 2.75) is 26.9 Å². The molecular weight excluding hydrogens is 334 g/mol. The van der Waals surface area contributed by atoms with Gasteiger partial charge in [0.1, 0.15) is 10.8 Å². The SMILES string of the molecule is Cc1ccc(O[C@H](C)C(=O)Nc2nnc(-c3ccccc3)s2)cc1C. The number of ether oxygens (including phenoxy) is 1. The summed E-state index contributed by atoms with van der Waals surface area (Å²) >= 11 is 1.33. The van der Waals surface area contributed by atoms with E-state index in [2.05, 4.69) is 15.5 Å². The summed E-state index contributed by atoms with van der Waals surface area (Å²) in [6, 6.07) is 15.5. The summed E-state index contributed by atoms with van der Waals surface area (Å²) < 4.78 is 5.72. The van der Waals surface area contributed by atoms with Crippen LogP contribution in [-0.2, 0) is 4.79 Å². The van der Waals surface area contributed by atoms with Crippen LogP contribution in [0.2, 0.25) is 0 Å². The molecule has 0 fully saturated rings. The molecule has 1 N–H and O–H groups in total. The molecule has 0 radical (unpaired) electrons. The summed E-state index contributed by atoms with van der Waals surface area (Å²) in [5.41, 5.74) is 3.29. The van der Waals surface area contributed by atoms with Gasteiger partial charge in [-0.05, 0) is 44.0 Å². The molecule has 0 bridgehead atoms. The molecule has 3 rings (SSSR count). The Bertz CT molecular complexity index is 877. The van der Waals surface area contributed by atoms with Gasteiger partial charge in [0.2, 0.25) is 5.13 Å². The van der Waals surface area contributed by atoms with Crippen molar-refractivity contribution in [2.75, 3.05) is 5.32 Å². The van der Waals surface area contributed by atoms with Crippen molar-refractivity contribution in [3.63, 3.8) is 0 Å². The van der Waals surface area contributed by atoms with Gasteiger partial charge in [0.25, 0.3) is 5.91 Å². The number of hydrogen-bond acceptors (Lipinski definition) is 5. The zero-order valence-electron chi connectivity index (χ0n) is 14.3. The maximum atomic E-state index is 12.3. The van der Waals surface area contributed by atoms with Gasteiger partial charge in [-0.3, -0.25) is 10.1 Å². The lowest BCUT2D eigenvalue weighted by molar-refractivity contribution is -0.122. The summed E-state index contributed by atoms with van der Waals surface area (Å²) in [6.07, 6.45) is -0.633. The largest absolute Gasteiger partial charge is 0.481 e. The molecule has 2 aromatic carbocycles. The van der Waals surface area contributed by atoms with Gasteiger partial charge < -0.3 is 4.74 Å². The lowest BCUT2D eigenvalue weighted by Gasteiger charge is -2.14. The minimum absolute atomic E-state index is 0.256. The van der Waals surface area contributed by atoms with E-state index in [4.69, 9.17) is 4.74 Å². The number of anilines is 1. The number of carbonyl (C=O) groups is 1. The molecule has 0 aliphatic rings. The predicted molar refractivity (Wildman–Crippen MR) is 100.0 cm³/mol. The van der Waals surface area contributed by atoms with Crippen molar-refractivity contribution in [3.8, 4) is 16.3 Å². The lowest BCUT2D eigenvalue weighted by Crippen LogP contribution is -2.30. The van der Waals surface area contributed by atoms with E-state index in [1.165, 1.54) is 16.9 Å². The van der Waals surface area contributed by atoms with E-state index in [9.17, 15) is 4.79 Å². The molecule has 0 spiro atoms. The molecule has 0 aliphatic carbocycles. The zero-order chi connectivity index (χ0) is 17.8. The molecule has 0 aliphatic heterocycles. The summed E-state index contributed by atoms with van der Waals surface area (Å²) in [7, 11) is 0. The number of aryl methyl sites for hydroxylation is 2. The number of benzene rings is 2. The lowest BCUT2D eigenvalue weighted by atomic mass is 10.1. The highest BCUT2D eigenvalue weighted by Gasteiger charge is 2.17. The zero-order valence-corrected chi connectivity index (χ0v) is 15.1. The second-order valence-electron chi connectivity index (χ2n) is 5.77. The highest BCUT2D eigenvalue weighted by atomic mass is 32.1. The monoisotopic (exact) mass is 353 g/mol. The molecule has 0 saturated carbocycles. The molecule has 5 nitrogen and oxygen atoms in total. The first-order valence-corrected chi connectivity index (χ1v) is 8.78. The number of rotatable bonds is 5. The molecule has 0 saturated heterocycles. The first-order chi connectivity index (χ1) is 12.0. The highest BCUT2D eigenvalue weighted by Crippen LogP contribution is 2.26. The fourth-order valence-corrected chi connectivity index (χ4v) is 2.98. The molecule has 1 aromatic heterocycles. The van der Waals surface area contributed by atoms with Crippen LogP contribution in [0, 0.1) is 13.8 Å². The molecule has 25 heavy (non-hydrogen) atoms. The Kier molecular flexibility index (Phi) is 5.09. The third-order valence-electron chi connectivity index (χ3n) is 3.84. The van der Waals surface area contributed by atoms with E-state index in [0.717, 1.165) is 16.1 Å². The highest BCUT2D eigenvalue weighted by molar-refractivity contribution is 7.18. The Morgan fingerprint density at radius 2 is 1.84 bits per heavy atom. The topological polar surface area (TPSA) is 64.1 Å². The fourth-order valence-electron chi connectivity index (χ4n) is 2.22. The first-order valence-electron chi connectivity index (χ1n) is 7.96. The van der Waals surface area contributed by atoms with Gasteiger partial charge in [-0.2, -0.15) is 0 Å². The average Bonchev–Trinajstić information content (AvgIpc) is 3.07. The van der Waals surface area contributed by atoms with Crippen molar-refractivity contribution in [1.82, 2.24) is 10.2 Å². The van der Waals surface area contributed by atoms with Crippen molar-refractivity contribution in [2.24, 2.45) is 0 Å². The Hall–Kier alpha value is -2.73. The van der Waals surface area contributed by atoms with E-state index in [1.807, 2.05) is 62.4 Å². The van der Waals surface area contributed by atoms with Crippen LogP contribution in [0.15, 0.2) is 48.5 Å². The number of carbonyl (C=O) groups excluding carboxylic acids is 1. The van der Waals surface area contributed by atoms with Gasteiger partial charge in [-0.25, -0.2) is 0 Å². The van der Waals surface area contributed by atoms with Crippen molar-refractivity contribution in [3.05, 3.63) is 59.7 Å². The Labute approximate surface area is 150 Å². The molecule has 6 heteroatoms. The number of nitrogens with one attached hydrogen (secondary N) is 1. The summed E-state index contributed by atoms with van der Waals surface area (Å²) in [5, 5.41) is 12.1. The Morgan fingerprint density at radius 1 is 1.08 bits per heavy atom. The van der Waals surface area contributed by atoms with E-state index < -0.39 is 6.10 Å². The van der Waals surface area contributed by atoms with Crippen LogP contribution in [0.3, 0.4) is 0 Å². The second kappa shape index (κ2) is 7.44. The minimum Gasteiger partial charge on any atom is -0.481 e. The van der Waals surface area contributed by atoms with Crippen LogP contribution >= 0.6 is 11.3 Å². The Balaban J connectivity index is 1.63. The maximum Gasteiger partial charge on any atom is 0.266 e. The summed E-state index contributed by atoms with van der Waals surface area (Å²) in [4.78, 5) is 12.3. The van der Waals surface area contributed by atoms with Crippen LogP contribution in [0.5, 0.6) is 5.75 Å². The van der Waals surface area contributed by atoms with E-state index in [-0.39, 0.29) is 5.91 Å². The van der Waals surface area contributed by atoms with Gasteiger partial charge >= 0.3 is 0 Å². The molecule has 1 heterocycles. The number of hydrogen-bond donors (Lipinski definition) is 1. The van der Waals surface area contributed by atoms with Crippen LogP contribution in [-0.4, -0.2) is 22.2 Å². The fraction of sp³-hybridized carbons (Fsp3) is 0.211. The average molecular weight is 353 g/mol. The van der Waals surface area contributed by atoms with E-state index >= 15 is 0 Å². The third kappa shape index (κ3) is 4.22. The van der Waals surface area contributed by atoms with Crippen LogP contribution in [0.4, 0.5) is 5.13 Å². The van der Waals surface area contributed by atoms with Crippen LogP contribution in [0.1, 0.15) is 18.1 Å². The van der Waals surface area contributed by atoms with Crippen molar-refractivity contribution < 1.29 is 9.53 Å². The smallest absolute Gasteiger partial charge is 0.266 e. The summed E-state index contributed by atoms with van der Waals surface area (Å²) in [6.45, 7) is 5.76. The number of nitrogens with zero attached hydrogens (tertiary/aromatic N) is 2. The second-order valence-corrected chi connectivity index (χ2v) is 6.75. The normalized spacial score (nSPS) is 11.8. The molecule has 0 unspecified atom stereocenters.